The zero-order chi connectivity index (χ0) is 11.1. The highest BCUT2D eigenvalue weighted by Gasteiger charge is 2.25. The van der Waals surface area contributed by atoms with Gasteiger partial charge < -0.3 is 10.1 Å². The fourth-order valence-electron chi connectivity index (χ4n) is 2.49. The lowest BCUT2D eigenvalue weighted by atomic mass is 9.82. The Morgan fingerprint density at radius 1 is 1.20 bits per heavy atom. The molecular weight excluding hydrogens is 186 g/mol. The molecule has 90 valence electrons. The molecule has 15 heavy (non-hydrogen) atoms. The second kappa shape index (κ2) is 6.49. The van der Waals surface area contributed by atoms with Crippen LogP contribution < -0.4 is 5.32 Å². The van der Waals surface area contributed by atoms with Gasteiger partial charge in [0.1, 0.15) is 0 Å². The molecule has 1 unspecified atom stereocenters. The Balaban J connectivity index is 2.27. The normalized spacial score (nSPS) is 23.4. The first kappa shape index (κ1) is 13.0. The van der Waals surface area contributed by atoms with Crippen LogP contribution in [0.4, 0.5) is 0 Å². The van der Waals surface area contributed by atoms with Crippen LogP contribution in [-0.2, 0) is 4.74 Å². The van der Waals surface area contributed by atoms with Crippen LogP contribution in [0.5, 0.6) is 0 Å². The molecule has 1 atom stereocenters. The van der Waals surface area contributed by atoms with Gasteiger partial charge >= 0.3 is 0 Å². The van der Waals surface area contributed by atoms with Crippen molar-refractivity contribution in [1.29, 1.82) is 0 Å². The van der Waals surface area contributed by atoms with Gasteiger partial charge in [-0.1, -0.05) is 32.6 Å². The number of ether oxygens (including phenoxy) is 1. The largest absolute Gasteiger partial charge is 0.383 e. The van der Waals surface area contributed by atoms with Crippen LogP contribution in [0.3, 0.4) is 0 Å². The van der Waals surface area contributed by atoms with E-state index >= 15 is 0 Å². The fourth-order valence-corrected chi connectivity index (χ4v) is 2.49. The second-order valence-corrected chi connectivity index (χ2v) is 5.46. The van der Waals surface area contributed by atoms with Crippen LogP contribution in [0.2, 0.25) is 0 Å². The minimum absolute atomic E-state index is 0.482. The lowest BCUT2D eigenvalue weighted by molar-refractivity contribution is 0.159. The molecule has 0 spiro atoms. The lowest BCUT2D eigenvalue weighted by Gasteiger charge is -2.30. The highest BCUT2D eigenvalue weighted by molar-refractivity contribution is 4.80. The van der Waals surface area contributed by atoms with E-state index in [-0.39, 0.29) is 0 Å². The van der Waals surface area contributed by atoms with Crippen molar-refractivity contribution in [3.05, 3.63) is 0 Å². The van der Waals surface area contributed by atoms with Crippen molar-refractivity contribution in [3.63, 3.8) is 0 Å². The molecule has 1 N–H and O–H groups in total. The predicted molar refractivity (Wildman–Crippen MR) is 65.1 cm³/mol. The van der Waals surface area contributed by atoms with E-state index < -0.39 is 0 Å². The van der Waals surface area contributed by atoms with Gasteiger partial charge in [0, 0.05) is 19.7 Å². The Morgan fingerprint density at radius 2 is 1.80 bits per heavy atom. The SMILES string of the molecule is COCC(C)NCC1(C)CCCCCC1. The van der Waals surface area contributed by atoms with E-state index in [0.29, 0.717) is 11.5 Å². The summed E-state index contributed by atoms with van der Waals surface area (Å²) in [6.07, 6.45) is 8.47. The summed E-state index contributed by atoms with van der Waals surface area (Å²) < 4.78 is 5.14. The molecule has 2 nitrogen and oxygen atoms in total. The van der Waals surface area contributed by atoms with E-state index in [4.69, 9.17) is 4.74 Å². The standard InChI is InChI=1S/C13H27NO/c1-12(10-15-3)14-11-13(2)8-6-4-5-7-9-13/h12,14H,4-11H2,1-3H3. The maximum Gasteiger partial charge on any atom is 0.0613 e. The molecule has 1 fully saturated rings. The van der Waals surface area contributed by atoms with Crippen LogP contribution in [-0.4, -0.2) is 26.3 Å². The van der Waals surface area contributed by atoms with Gasteiger partial charge in [-0.15, -0.1) is 0 Å². The number of rotatable bonds is 5. The molecule has 1 aliphatic rings. The van der Waals surface area contributed by atoms with E-state index in [9.17, 15) is 0 Å². The third kappa shape index (κ3) is 4.98. The molecule has 0 radical (unpaired) electrons. The summed E-state index contributed by atoms with van der Waals surface area (Å²) in [5.41, 5.74) is 0.526. The van der Waals surface area contributed by atoms with Crippen molar-refractivity contribution in [2.75, 3.05) is 20.3 Å². The highest BCUT2D eigenvalue weighted by atomic mass is 16.5. The number of hydrogen-bond donors (Lipinski definition) is 1. The molecular formula is C13H27NO. The summed E-state index contributed by atoms with van der Waals surface area (Å²) in [6.45, 7) is 6.60. The molecule has 0 aromatic carbocycles. The molecule has 1 saturated carbocycles. The van der Waals surface area contributed by atoms with Gasteiger partial charge in [0.2, 0.25) is 0 Å². The molecule has 0 bridgehead atoms. The summed E-state index contributed by atoms with van der Waals surface area (Å²) in [7, 11) is 1.77. The van der Waals surface area contributed by atoms with Gasteiger partial charge in [-0.2, -0.15) is 0 Å². The number of methoxy groups -OCH3 is 1. The molecule has 0 aromatic heterocycles. The van der Waals surface area contributed by atoms with Gasteiger partial charge in [-0.05, 0) is 25.2 Å². The minimum Gasteiger partial charge on any atom is -0.383 e. The number of hydrogen-bond acceptors (Lipinski definition) is 2. The Labute approximate surface area is 94.8 Å². The Hall–Kier alpha value is -0.0800. The van der Waals surface area contributed by atoms with Crippen LogP contribution in [0.1, 0.15) is 52.4 Å². The van der Waals surface area contributed by atoms with E-state index in [1.807, 2.05) is 0 Å². The summed E-state index contributed by atoms with van der Waals surface area (Å²) in [5.74, 6) is 0. The van der Waals surface area contributed by atoms with Crippen LogP contribution in [0, 0.1) is 5.41 Å². The average molecular weight is 213 g/mol. The van der Waals surface area contributed by atoms with Gasteiger partial charge in [0.15, 0.2) is 0 Å². The first-order valence-electron chi connectivity index (χ1n) is 6.39. The summed E-state index contributed by atoms with van der Waals surface area (Å²) >= 11 is 0. The monoisotopic (exact) mass is 213 g/mol. The van der Waals surface area contributed by atoms with Crippen molar-refractivity contribution in [2.45, 2.75) is 58.4 Å². The fraction of sp³-hybridized carbons (Fsp3) is 1.00. The topological polar surface area (TPSA) is 21.3 Å². The van der Waals surface area contributed by atoms with Crippen molar-refractivity contribution in [2.24, 2.45) is 5.41 Å². The van der Waals surface area contributed by atoms with Crippen molar-refractivity contribution < 1.29 is 4.74 Å². The van der Waals surface area contributed by atoms with Gasteiger partial charge in [0.05, 0.1) is 6.61 Å². The quantitative estimate of drug-likeness (QED) is 0.709. The molecule has 1 aliphatic carbocycles. The summed E-state index contributed by atoms with van der Waals surface area (Å²) in [6, 6.07) is 0.482. The Morgan fingerprint density at radius 3 is 2.33 bits per heavy atom. The zero-order valence-corrected chi connectivity index (χ0v) is 10.6. The first-order chi connectivity index (χ1) is 7.16. The van der Waals surface area contributed by atoms with E-state index in [0.717, 1.165) is 13.2 Å². The third-order valence-corrected chi connectivity index (χ3v) is 3.60. The van der Waals surface area contributed by atoms with Crippen molar-refractivity contribution in [3.8, 4) is 0 Å². The third-order valence-electron chi connectivity index (χ3n) is 3.60. The molecule has 1 rings (SSSR count). The van der Waals surface area contributed by atoms with E-state index in [2.05, 4.69) is 19.2 Å². The molecule has 0 aromatic rings. The predicted octanol–water partition coefficient (Wildman–Crippen LogP) is 2.97. The van der Waals surface area contributed by atoms with E-state index in [1.54, 1.807) is 7.11 Å². The average Bonchev–Trinajstić information content (AvgIpc) is 2.42. The smallest absolute Gasteiger partial charge is 0.0613 e. The molecule has 0 saturated heterocycles. The van der Waals surface area contributed by atoms with Crippen molar-refractivity contribution in [1.82, 2.24) is 5.32 Å². The van der Waals surface area contributed by atoms with Crippen LogP contribution in [0.25, 0.3) is 0 Å². The van der Waals surface area contributed by atoms with E-state index in [1.165, 1.54) is 38.5 Å². The number of nitrogens with one attached hydrogen (secondary N) is 1. The molecule has 2 heteroatoms. The maximum atomic E-state index is 5.14. The van der Waals surface area contributed by atoms with Gasteiger partial charge in [0.25, 0.3) is 0 Å². The first-order valence-corrected chi connectivity index (χ1v) is 6.39. The van der Waals surface area contributed by atoms with Crippen LogP contribution >= 0.6 is 0 Å². The van der Waals surface area contributed by atoms with Gasteiger partial charge in [-0.3, -0.25) is 0 Å². The Bertz CT molecular complexity index is 162. The Kier molecular flexibility index (Phi) is 5.62. The second-order valence-electron chi connectivity index (χ2n) is 5.46. The van der Waals surface area contributed by atoms with Gasteiger partial charge in [-0.25, -0.2) is 0 Å². The minimum atomic E-state index is 0.482. The lowest BCUT2D eigenvalue weighted by Crippen LogP contribution is -2.38. The highest BCUT2D eigenvalue weighted by Crippen LogP contribution is 2.33. The van der Waals surface area contributed by atoms with Crippen molar-refractivity contribution >= 4 is 0 Å². The van der Waals surface area contributed by atoms with Crippen LogP contribution in [0.15, 0.2) is 0 Å². The maximum absolute atomic E-state index is 5.14. The summed E-state index contributed by atoms with van der Waals surface area (Å²) in [5, 5.41) is 3.60. The summed E-state index contributed by atoms with van der Waals surface area (Å²) in [4.78, 5) is 0. The zero-order valence-electron chi connectivity index (χ0n) is 10.6. The molecule has 0 heterocycles. The molecule has 0 amide bonds. The molecule has 0 aliphatic heterocycles.